The fraction of sp³-hybridized carbons (Fsp3) is 0.375. The smallest absolute Gasteiger partial charge is 0.307 e. The van der Waals surface area contributed by atoms with E-state index >= 15 is 0 Å². The van der Waals surface area contributed by atoms with Gasteiger partial charge in [0, 0.05) is 49.5 Å². The number of carbonyl (C=O) groups excluding carboxylic acids is 1. The summed E-state index contributed by atoms with van der Waals surface area (Å²) >= 11 is 0. The van der Waals surface area contributed by atoms with Gasteiger partial charge in [-0.3, -0.25) is 9.80 Å². The number of methoxy groups -OCH3 is 1. The van der Waals surface area contributed by atoms with Gasteiger partial charge in [0.1, 0.15) is 17.6 Å². The van der Waals surface area contributed by atoms with Crippen molar-refractivity contribution in [1.29, 1.82) is 0 Å². The summed E-state index contributed by atoms with van der Waals surface area (Å²) < 4.78 is 72.7. The van der Waals surface area contributed by atoms with Gasteiger partial charge in [-0.15, -0.1) is 0 Å². The molecule has 11 heteroatoms. The molecule has 43 heavy (non-hydrogen) atoms. The van der Waals surface area contributed by atoms with Crippen molar-refractivity contribution < 1.29 is 36.6 Å². The third-order valence-corrected chi connectivity index (χ3v) is 7.84. The van der Waals surface area contributed by atoms with Gasteiger partial charge >= 0.3 is 5.97 Å². The summed E-state index contributed by atoms with van der Waals surface area (Å²) in [6.45, 7) is 4.98. The van der Waals surface area contributed by atoms with E-state index in [0.717, 1.165) is 18.2 Å². The molecule has 5 rings (SSSR count). The molecule has 7 nitrogen and oxygen atoms in total. The number of benzene rings is 3. The standard InChI is InChI=1S/C32H33F4N3O4/c1-4-42-24-16-27(35)31(36)29(17-24)38-13-11-23(12-14-38)43-22-8-6-21(7-9-22)39-28(18-30(40)41-3)19(2)32(37-39)20-5-10-25(33)26(34)15-20/h5-10,15-17,19,23,28H,4,11-14,18H2,1-3H3/t19-,28-/m1/s1. The van der Waals surface area contributed by atoms with Gasteiger partial charge in [0.2, 0.25) is 0 Å². The van der Waals surface area contributed by atoms with Gasteiger partial charge in [-0.1, -0.05) is 6.92 Å². The van der Waals surface area contributed by atoms with Crippen molar-refractivity contribution in [1.82, 2.24) is 0 Å². The largest absolute Gasteiger partial charge is 0.494 e. The van der Waals surface area contributed by atoms with Crippen LogP contribution in [0.15, 0.2) is 59.7 Å². The van der Waals surface area contributed by atoms with E-state index in [4.69, 9.17) is 19.3 Å². The normalized spacial score (nSPS) is 18.9. The minimum absolute atomic E-state index is 0.0448. The molecule has 0 amide bonds. The lowest BCUT2D eigenvalue weighted by Crippen LogP contribution is -2.38. The molecule has 3 aromatic carbocycles. The maximum absolute atomic E-state index is 14.5. The molecule has 3 aromatic rings. The molecule has 0 saturated carbocycles. The van der Waals surface area contributed by atoms with Crippen molar-refractivity contribution >= 4 is 23.1 Å². The number of piperidine rings is 1. The molecule has 0 spiro atoms. The Morgan fingerprint density at radius 2 is 1.65 bits per heavy atom. The molecule has 1 fully saturated rings. The molecule has 0 unspecified atom stereocenters. The van der Waals surface area contributed by atoms with Crippen LogP contribution in [0.3, 0.4) is 0 Å². The van der Waals surface area contributed by atoms with E-state index in [1.165, 1.54) is 19.2 Å². The summed E-state index contributed by atoms with van der Waals surface area (Å²) in [5.41, 5.74) is 1.83. The zero-order valence-corrected chi connectivity index (χ0v) is 24.2. The molecule has 2 aliphatic rings. The lowest BCUT2D eigenvalue weighted by Gasteiger charge is -2.34. The summed E-state index contributed by atoms with van der Waals surface area (Å²) in [6.07, 6.45) is 1.13. The highest BCUT2D eigenvalue weighted by Gasteiger charge is 2.37. The molecule has 2 atom stereocenters. The van der Waals surface area contributed by atoms with E-state index in [0.29, 0.717) is 55.3 Å². The van der Waals surface area contributed by atoms with Crippen LogP contribution in [-0.4, -0.2) is 50.6 Å². The summed E-state index contributed by atoms with van der Waals surface area (Å²) in [5.74, 6) is -3.54. The molecule has 0 aliphatic carbocycles. The van der Waals surface area contributed by atoms with Gasteiger partial charge in [0.05, 0.1) is 43.3 Å². The zero-order valence-electron chi connectivity index (χ0n) is 24.2. The van der Waals surface area contributed by atoms with E-state index in [2.05, 4.69) is 0 Å². The fourth-order valence-electron chi connectivity index (χ4n) is 5.53. The molecule has 0 radical (unpaired) electrons. The second-order valence-electron chi connectivity index (χ2n) is 10.6. The van der Waals surface area contributed by atoms with Crippen molar-refractivity contribution in [3.8, 4) is 11.5 Å². The Morgan fingerprint density at radius 3 is 2.30 bits per heavy atom. The Hall–Kier alpha value is -4.28. The van der Waals surface area contributed by atoms with Crippen molar-refractivity contribution in [2.75, 3.05) is 36.7 Å². The van der Waals surface area contributed by atoms with E-state index in [-0.39, 0.29) is 29.9 Å². The number of rotatable bonds is 9. The van der Waals surface area contributed by atoms with Crippen molar-refractivity contribution in [3.63, 3.8) is 0 Å². The van der Waals surface area contributed by atoms with E-state index in [1.54, 1.807) is 29.0 Å². The van der Waals surface area contributed by atoms with Gasteiger partial charge in [0.15, 0.2) is 23.3 Å². The second kappa shape index (κ2) is 12.9. The van der Waals surface area contributed by atoms with Crippen LogP contribution in [0.25, 0.3) is 0 Å². The van der Waals surface area contributed by atoms with Gasteiger partial charge in [0.25, 0.3) is 0 Å². The summed E-state index contributed by atoms with van der Waals surface area (Å²) in [7, 11) is 1.31. The number of esters is 1. The zero-order chi connectivity index (χ0) is 30.7. The van der Waals surface area contributed by atoms with Crippen LogP contribution in [0.1, 0.15) is 38.7 Å². The first-order valence-corrected chi connectivity index (χ1v) is 14.2. The number of halogens is 4. The monoisotopic (exact) mass is 599 g/mol. The molecular weight excluding hydrogens is 566 g/mol. The van der Waals surface area contributed by atoms with Crippen molar-refractivity contribution in [2.24, 2.45) is 11.0 Å². The topological polar surface area (TPSA) is 63.6 Å². The van der Waals surface area contributed by atoms with Crippen LogP contribution in [0.4, 0.5) is 28.9 Å². The number of ether oxygens (including phenoxy) is 3. The van der Waals surface area contributed by atoms with Crippen molar-refractivity contribution in [3.05, 3.63) is 83.4 Å². The lowest BCUT2D eigenvalue weighted by atomic mass is 9.91. The average molecular weight is 600 g/mol. The molecule has 1 saturated heterocycles. The molecule has 2 heterocycles. The SMILES string of the molecule is CCOc1cc(F)c(F)c(N2CCC(Oc3ccc(N4N=C(c5ccc(F)c(F)c5)[C@H](C)[C@H]4CC(=O)OC)cc3)CC2)c1. The summed E-state index contributed by atoms with van der Waals surface area (Å²) in [4.78, 5) is 14.0. The predicted molar refractivity (Wildman–Crippen MR) is 155 cm³/mol. The molecule has 0 N–H and O–H groups in total. The highest BCUT2D eigenvalue weighted by Crippen LogP contribution is 2.35. The van der Waals surface area contributed by atoms with Crippen LogP contribution in [0, 0.1) is 29.2 Å². The van der Waals surface area contributed by atoms with Gasteiger partial charge in [-0.25, -0.2) is 17.6 Å². The number of anilines is 2. The van der Waals surface area contributed by atoms with Crippen LogP contribution in [0.5, 0.6) is 11.5 Å². The minimum Gasteiger partial charge on any atom is -0.494 e. The number of hydrogen-bond acceptors (Lipinski definition) is 7. The highest BCUT2D eigenvalue weighted by atomic mass is 19.2. The average Bonchev–Trinajstić information content (AvgIpc) is 3.32. The Balaban J connectivity index is 1.27. The first kappa shape index (κ1) is 30.2. The van der Waals surface area contributed by atoms with Crippen molar-refractivity contribution in [2.45, 2.75) is 45.3 Å². The highest BCUT2D eigenvalue weighted by molar-refractivity contribution is 6.05. The quantitative estimate of drug-likeness (QED) is 0.207. The lowest BCUT2D eigenvalue weighted by molar-refractivity contribution is -0.141. The molecule has 0 aromatic heterocycles. The fourth-order valence-corrected chi connectivity index (χ4v) is 5.53. The minimum atomic E-state index is -0.973. The predicted octanol–water partition coefficient (Wildman–Crippen LogP) is 6.48. The number of hydrogen-bond donors (Lipinski definition) is 0. The van der Waals surface area contributed by atoms with Gasteiger partial charge in [-0.05, 0) is 49.4 Å². The third kappa shape index (κ3) is 6.55. The summed E-state index contributed by atoms with van der Waals surface area (Å²) in [5, 5.41) is 6.40. The van der Waals surface area contributed by atoms with Crippen LogP contribution in [-0.2, 0) is 9.53 Å². The Bertz CT molecular complexity index is 1490. The van der Waals surface area contributed by atoms with Crippen LogP contribution >= 0.6 is 0 Å². The Labute approximate surface area is 247 Å². The molecule has 228 valence electrons. The van der Waals surface area contributed by atoms with Gasteiger partial charge in [-0.2, -0.15) is 5.10 Å². The number of hydrazone groups is 1. The maximum atomic E-state index is 14.5. The van der Waals surface area contributed by atoms with Crippen LogP contribution in [0.2, 0.25) is 0 Å². The van der Waals surface area contributed by atoms with E-state index < -0.39 is 35.3 Å². The van der Waals surface area contributed by atoms with Crippen LogP contribution < -0.4 is 19.4 Å². The first-order valence-electron chi connectivity index (χ1n) is 14.2. The van der Waals surface area contributed by atoms with E-state index in [9.17, 15) is 22.4 Å². The van der Waals surface area contributed by atoms with Gasteiger partial charge < -0.3 is 19.1 Å². The third-order valence-electron chi connectivity index (χ3n) is 7.84. The summed E-state index contributed by atoms with van der Waals surface area (Å²) in [6, 6.07) is 13.0. The second-order valence-corrected chi connectivity index (χ2v) is 10.6. The molecule has 2 aliphatic heterocycles. The van der Waals surface area contributed by atoms with E-state index in [1.807, 2.05) is 19.1 Å². The molecular formula is C32H33F4N3O4. The first-order chi connectivity index (χ1) is 20.7. The Morgan fingerprint density at radius 1 is 0.930 bits per heavy atom. The Kier molecular flexibility index (Phi) is 9.08. The molecule has 0 bridgehead atoms. The number of nitrogens with zero attached hydrogens (tertiary/aromatic N) is 3. The maximum Gasteiger partial charge on any atom is 0.307 e. The number of carbonyl (C=O) groups is 1.